The Morgan fingerprint density at radius 1 is 1.11 bits per heavy atom. The molecule has 1 aromatic carbocycles. The normalized spacial score (nSPS) is 23.6. The molecule has 6 nitrogen and oxygen atoms in total. The molecule has 2 aliphatic rings. The zero-order valence-corrected chi connectivity index (χ0v) is 15.3. The van der Waals surface area contributed by atoms with Crippen molar-refractivity contribution in [3.63, 3.8) is 0 Å². The van der Waals surface area contributed by atoms with Gasteiger partial charge in [-0.1, -0.05) is 12.1 Å². The van der Waals surface area contributed by atoms with Gasteiger partial charge in [0.1, 0.15) is 5.75 Å². The van der Waals surface area contributed by atoms with Gasteiger partial charge in [0.05, 0.1) is 12.0 Å². The van der Waals surface area contributed by atoms with Crippen molar-refractivity contribution in [3.8, 4) is 5.75 Å². The lowest BCUT2D eigenvalue weighted by Crippen LogP contribution is -2.46. The number of ether oxygens (including phenoxy) is 1. The first-order valence-corrected chi connectivity index (χ1v) is 9.37. The average Bonchev–Trinajstić information content (AvgIpc) is 3.43. The summed E-state index contributed by atoms with van der Waals surface area (Å²) in [5, 5.41) is 5.55. The molecule has 0 saturated heterocycles. The molecular weight excluding hydrogens is 375 g/mol. The van der Waals surface area contributed by atoms with Gasteiger partial charge in [-0.15, -0.1) is 13.2 Å². The zero-order chi connectivity index (χ0) is 20.4. The van der Waals surface area contributed by atoms with E-state index >= 15 is 0 Å². The van der Waals surface area contributed by atoms with E-state index in [9.17, 15) is 22.8 Å². The quantitative estimate of drug-likeness (QED) is 0.683. The van der Waals surface area contributed by atoms with Gasteiger partial charge in [0.15, 0.2) is 0 Å². The van der Waals surface area contributed by atoms with Crippen LogP contribution in [0.5, 0.6) is 5.75 Å². The third-order valence-corrected chi connectivity index (χ3v) is 5.37. The first-order chi connectivity index (χ1) is 13.2. The molecule has 2 amide bonds. The van der Waals surface area contributed by atoms with Gasteiger partial charge in [-0.2, -0.15) is 0 Å². The SMILES string of the molecule is N[C@H]1CC[C@@H](NC(=O)CNC(=O)C2(c3ccc(OC(F)(F)F)cc3)CC2)CC1. The molecular formula is C19H24F3N3O3. The predicted octanol–water partition coefficient (Wildman–Crippen LogP) is 2.12. The standard InChI is InChI=1S/C19H24F3N3O3/c20-19(21,22)28-15-7-1-12(2-8-15)18(9-10-18)17(27)24-11-16(26)25-14-5-3-13(23)4-6-14/h1-2,7-8,13-14H,3-6,9-11,23H2,(H,24,27)(H,25,26)/t13-,14+. The highest BCUT2D eigenvalue weighted by molar-refractivity contribution is 5.94. The molecule has 2 fully saturated rings. The average molecular weight is 399 g/mol. The first kappa shape index (κ1) is 20.4. The number of carbonyl (C=O) groups is 2. The van der Waals surface area contributed by atoms with Crippen molar-refractivity contribution < 1.29 is 27.5 Å². The number of amides is 2. The van der Waals surface area contributed by atoms with E-state index in [1.165, 1.54) is 24.3 Å². The maximum Gasteiger partial charge on any atom is 0.573 e. The van der Waals surface area contributed by atoms with Crippen LogP contribution in [-0.4, -0.2) is 36.8 Å². The number of benzene rings is 1. The summed E-state index contributed by atoms with van der Waals surface area (Å²) in [6, 6.07) is 5.57. The summed E-state index contributed by atoms with van der Waals surface area (Å²) in [7, 11) is 0. The molecule has 9 heteroatoms. The van der Waals surface area contributed by atoms with E-state index < -0.39 is 11.8 Å². The van der Waals surface area contributed by atoms with Gasteiger partial charge in [0, 0.05) is 12.1 Å². The fourth-order valence-electron chi connectivity index (χ4n) is 3.62. The minimum absolute atomic E-state index is 0.0836. The third kappa shape index (κ3) is 5.15. The Morgan fingerprint density at radius 2 is 1.71 bits per heavy atom. The molecule has 2 saturated carbocycles. The lowest BCUT2D eigenvalue weighted by atomic mass is 9.92. The van der Waals surface area contributed by atoms with Crippen LogP contribution in [0.1, 0.15) is 44.1 Å². The van der Waals surface area contributed by atoms with Crippen molar-refractivity contribution in [2.75, 3.05) is 6.54 Å². The Kier molecular flexibility index (Phi) is 5.83. The number of halogens is 3. The number of alkyl halides is 3. The minimum Gasteiger partial charge on any atom is -0.406 e. The van der Waals surface area contributed by atoms with Crippen molar-refractivity contribution in [1.29, 1.82) is 0 Å². The van der Waals surface area contributed by atoms with Crippen LogP contribution in [-0.2, 0) is 15.0 Å². The number of nitrogens with two attached hydrogens (primary N) is 1. The van der Waals surface area contributed by atoms with E-state index in [-0.39, 0.29) is 36.2 Å². The Hall–Kier alpha value is -2.29. The Labute approximate surface area is 161 Å². The van der Waals surface area contributed by atoms with E-state index in [1.807, 2.05) is 0 Å². The van der Waals surface area contributed by atoms with Crippen LogP contribution in [0.3, 0.4) is 0 Å². The number of hydrogen-bond donors (Lipinski definition) is 3. The molecule has 3 rings (SSSR count). The molecule has 0 aliphatic heterocycles. The lowest BCUT2D eigenvalue weighted by molar-refractivity contribution is -0.274. The molecule has 0 bridgehead atoms. The number of hydrogen-bond acceptors (Lipinski definition) is 4. The summed E-state index contributed by atoms with van der Waals surface area (Å²) in [5.74, 6) is -0.879. The van der Waals surface area contributed by atoms with E-state index in [0.717, 1.165) is 25.7 Å². The summed E-state index contributed by atoms with van der Waals surface area (Å²) in [4.78, 5) is 24.6. The van der Waals surface area contributed by atoms with Gasteiger partial charge < -0.3 is 21.1 Å². The second-order valence-electron chi connectivity index (χ2n) is 7.52. The highest BCUT2D eigenvalue weighted by atomic mass is 19.4. The maximum atomic E-state index is 12.6. The summed E-state index contributed by atoms with van der Waals surface area (Å²) >= 11 is 0. The van der Waals surface area contributed by atoms with Gasteiger partial charge >= 0.3 is 6.36 Å². The van der Waals surface area contributed by atoms with Crippen LogP contribution in [0, 0.1) is 0 Å². The van der Waals surface area contributed by atoms with E-state index in [4.69, 9.17) is 5.73 Å². The van der Waals surface area contributed by atoms with Crippen molar-refractivity contribution in [2.45, 2.75) is 62.4 Å². The maximum absolute atomic E-state index is 12.6. The molecule has 0 atom stereocenters. The van der Waals surface area contributed by atoms with Crippen molar-refractivity contribution in [2.24, 2.45) is 5.73 Å². The van der Waals surface area contributed by atoms with Gasteiger partial charge in [-0.05, 0) is 56.2 Å². The van der Waals surface area contributed by atoms with E-state index in [0.29, 0.717) is 18.4 Å². The predicted molar refractivity (Wildman–Crippen MR) is 95.4 cm³/mol. The Morgan fingerprint density at radius 3 is 2.25 bits per heavy atom. The van der Waals surface area contributed by atoms with Crippen molar-refractivity contribution in [1.82, 2.24) is 10.6 Å². The summed E-state index contributed by atoms with van der Waals surface area (Å²) in [6.45, 7) is -0.127. The topological polar surface area (TPSA) is 93.5 Å². The minimum atomic E-state index is -4.76. The first-order valence-electron chi connectivity index (χ1n) is 9.37. The molecule has 0 heterocycles. The van der Waals surface area contributed by atoms with Crippen LogP contribution in [0.25, 0.3) is 0 Å². The molecule has 4 N–H and O–H groups in total. The van der Waals surface area contributed by atoms with Gasteiger partial charge in [0.2, 0.25) is 11.8 Å². The van der Waals surface area contributed by atoms with Crippen molar-refractivity contribution in [3.05, 3.63) is 29.8 Å². The molecule has 154 valence electrons. The summed E-state index contributed by atoms with van der Waals surface area (Å²) in [5.41, 5.74) is 5.67. The van der Waals surface area contributed by atoms with Crippen LogP contribution in [0.4, 0.5) is 13.2 Å². The molecule has 0 aromatic heterocycles. The molecule has 2 aliphatic carbocycles. The fraction of sp³-hybridized carbons (Fsp3) is 0.579. The second kappa shape index (κ2) is 7.98. The largest absolute Gasteiger partial charge is 0.573 e. The van der Waals surface area contributed by atoms with Gasteiger partial charge in [-0.3, -0.25) is 9.59 Å². The van der Waals surface area contributed by atoms with Crippen LogP contribution in [0.15, 0.2) is 24.3 Å². The van der Waals surface area contributed by atoms with Crippen molar-refractivity contribution >= 4 is 11.8 Å². The summed E-state index contributed by atoms with van der Waals surface area (Å²) < 4.78 is 40.6. The Balaban J connectivity index is 1.50. The molecule has 0 unspecified atom stereocenters. The number of carbonyl (C=O) groups excluding carboxylic acids is 2. The molecule has 0 radical (unpaired) electrons. The molecule has 1 aromatic rings. The zero-order valence-electron chi connectivity index (χ0n) is 15.3. The smallest absolute Gasteiger partial charge is 0.406 e. The lowest BCUT2D eigenvalue weighted by Gasteiger charge is -2.27. The third-order valence-electron chi connectivity index (χ3n) is 5.37. The summed E-state index contributed by atoms with van der Waals surface area (Å²) in [6.07, 6.45) is -0.189. The highest BCUT2D eigenvalue weighted by Crippen LogP contribution is 2.48. The monoisotopic (exact) mass is 399 g/mol. The number of rotatable bonds is 6. The number of nitrogens with one attached hydrogen (secondary N) is 2. The Bertz CT molecular complexity index is 709. The van der Waals surface area contributed by atoms with E-state index in [1.54, 1.807) is 0 Å². The van der Waals surface area contributed by atoms with Crippen LogP contribution < -0.4 is 21.1 Å². The molecule has 0 spiro atoms. The van der Waals surface area contributed by atoms with E-state index in [2.05, 4.69) is 15.4 Å². The fourth-order valence-corrected chi connectivity index (χ4v) is 3.62. The highest BCUT2D eigenvalue weighted by Gasteiger charge is 2.51. The van der Waals surface area contributed by atoms with Crippen LogP contribution in [0.2, 0.25) is 0 Å². The molecule has 28 heavy (non-hydrogen) atoms. The van der Waals surface area contributed by atoms with Gasteiger partial charge in [-0.25, -0.2) is 0 Å². The van der Waals surface area contributed by atoms with Crippen LogP contribution >= 0.6 is 0 Å². The second-order valence-corrected chi connectivity index (χ2v) is 7.52. The van der Waals surface area contributed by atoms with Gasteiger partial charge in [0.25, 0.3) is 0 Å².